The van der Waals surface area contributed by atoms with Crippen LogP contribution in [0.25, 0.3) is 0 Å². The molecule has 1 amide bonds. The Morgan fingerprint density at radius 3 is 2.44 bits per heavy atom. The van der Waals surface area contributed by atoms with Crippen molar-refractivity contribution in [2.24, 2.45) is 5.92 Å². The number of amides is 1. The molecule has 0 aliphatic heterocycles. The summed E-state index contributed by atoms with van der Waals surface area (Å²) < 4.78 is 0. The van der Waals surface area contributed by atoms with Crippen LogP contribution in [0.4, 0.5) is 0 Å². The van der Waals surface area contributed by atoms with Crippen molar-refractivity contribution in [1.29, 1.82) is 0 Å². The molecule has 0 unspecified atom stereocenters. The van der Waals surface area contributed by atoms with E-state index in [-0.39, 0.29) is 5.91 Å². The zero-order valence-electron chi connectivity index (χ0n) is 12.1. The third-order valence-electron chi connectivity index (χ3n) is 3.64. The predicted octanol–water partition coefficient (Wildman–Crippen LogP) is 2.85. The Morgan fingerprint density at radius 1 is 1.17 bits per heavy atom. The Kier molecular flexibility index (Phi) is 8.06. The van der Waals surface area contributed by atoms with Crippen LogP contribution in [0.15, 0.2) is 0 Å². The van der Waals surface area contributed by atoms with Gasteiger partial charge in [-0.3, -0.25) is 4.79 Å². The van der Waals surface area contributed by atoms with Crippen LogP contribution in [-0.2, 0) is 4.79 Å². The van der Waals surface area contributed by atoms with Crippen molar-refractivity contribution in [2.75, 3.05) is 13.1 Å². The molecule has 3 nitrogen and oxygen atoms in total. The highest BCUT2D eigenvalue weighted by Crippen LogP contribution is 2.16. The van der Waals surface area contributed by atoms with Gasteiger partial charge in [0.25, 0.3) is 0 Å². The molecule has 0 aromatic carbocycles. The molecule has 0 bridgehead atoms. The van der Waals surface area contributed by atoms with E-state index in [0.29, 0.717) is 12.6 Å². The Bertz CT molecular complexity index is 221. The number of nitrogens with one attached hydrogen (secondary N) is 2. The highest BCUT2D eigenvalue weighted by molar-refractivity contribution is 5.78. The van der Waals surface area contributed by atoms with Crippen molar-refractivity contribution in [3.05, 3.63) is 0 Å². The fourth-order valence-electron chi connectivity index (χ4n) is 2.54. The molecule has 3 heteroatoms. The van der Waals surface area contributed by atoms with Crippen LogP contribution in [0.3, 0.4) is 0 Å². The Labute approximate surface area is 112 Å². The van der Waals surface area contributed by atoms with Crippen molar-refractivity contribution in [1.82, 2.24) is 10.6 Å². The molecule has 1 fully saturated rings. The lowest BCUT2D eigenvalue weighted by molar-refractivity contribution is -0.121. The average molecular weight is 254 g/mol. The smallest absolute Gasteiger partial charge is 0.234 e. The van der Waals surface area contributed by atoms with Gasteiger partial charge in [-0.05, 0) is 38.1 Å². The minimum Gasteiger partial charge on any atom is -0.352 e. The SMILES string of the molecule is CC(C)CCCNCC(=O)NC1CCCCCC1. The van der Waals surface area contributed by atoms with Gasteiger partial charge in [-0.15, -0.1) is 0 Å². The minimum atomic E-state index is 0.173. The van der Waals surface area contributed by atoms with Gasteiger partial charge < -0.3 is 10.6 Å². The molecule has 0 aromatic heterocycles. The average Bonchev–Trinajstić information content (AvgIpc) is 2.56. The first-order valence-electron chi connectivity index (χ1n) is 7.68. The number of carbonyl (C=O) groups is 1. The van der Waals surface area contributed by atoms with Crippen LogP contribution in [0, 0.1) is 5.92 Å². The van der Waals surface area contributed by atoms with Crippen molar-refractivity contribution in [3.8, 4) is 0 Å². The monoisotopic (exact) mass is 254 g/mol. The summed E-state index contributed by atoms with van der Waals surface area (Å²) in [5.41, 5.74) is 0. The van der Waals surface area contributed by atoms with E-state index >= 15 is 0 Å². The zero-order chi connectivity index (χ0) is 13.2. The van der Waals surface area contributed by atoms with Gasteiger partial charge in [0.15, 0.2) is 0 Å². The van der Waals surface area contributed by atoms with Gasteiger partial charge in [0.1, 0.15) is 0 Å². The van der Waals surface area contributed by atoms with Crippen molar-refractivity contribution in [2.45, 2.75) is 71.3 Å². The molecule has 1 saturated carbocycles. The van der Waals surface area contributed by atoms with E-state index in [0.717, 1.165) is 18.9 Å². The molecule has 1 aliphatic rings. The van der Waals surface area contributed by atoms with E-state index in [2.05, 4.69) is 24.5 Å². The summed E-state index contributed by atoms with van der Waals surface area (Å²) in [6.07, 6.45) is 9.93. The number of rotatable bonds is 7. The molecule has 0 saturated heterocycles. The van der Waals surface area contributed by atoms with E-state index in [4.69, 9.17) is 0 Å². The minimum absolute atomic E-state index is 0.173. The summed E-state index contributed by atoms with van der Waals surface area (Å²) in [6.45, 7) is 5.91. The van der Waals surface area contributed by atoms with Crippen LogP contribution in [0.1, 0.15) is 65.2 Å². The van der Waals surface area contributed by atoms with E-state index in [9.17, 15) is 4.79 Å². The van der Waals surface area contributed by atoms with Gasteiger partial charge in [-0.25, -0.2) is 0 Å². The molecule has 1 aliphatic carbocycles. The molecule has 106 valence electrons. The number of hydrogen-bond donors (Lipinski definition) is 2. The molecule has 0 aromatic rings. The summed E-state index contributed by atoms with van der Waals surface area (Å²) in [5, 5.41) is 6.39. The van der Waals surface area contributed by atoms with Crippen molar-refractivity contribution >= 4 is 5.91 Å². The summed E-state index contributed by atoms with van der Waals surface area (Å²) >= 11 is 0. The lowest BCUT2D eigenvalue weighted by Crippen LogP contribution is -2.40. The largest absolute Gasteiger partial charge is 0.352 e. The van der Waals surface area contributed by atoms with Gasteiger partial charge in [0.05, 0.1) is 6.54 Å². The fraction of sp³-hybridized carbons (Fsp3) is 0.933. The second-order valence-electron chi connectivity index (χ2n) is 5.97. The maximum atomic E-state index is 11.7. The summed E-state index contributed by atoms with van der Waals surface area (Å²) in [5.74, 6) is 0.929. The molecular weight excluding hydrogens is 224 g/mol. The Hall–Kier alpha value is -0.570. The second kappa shape index (κ2) is 9.37. The number of carbonyl (C=O) groups excluding carboxylic acids is 1. The van der Waals surface area contributed by atoms with E-state index < -0.39 is 0 Å². The van der Waals surface area contributed by atoms with Gasteiger partial charge in [0, 0.05) is 6.04 Å². The third kappa shape index (κ3) is 7.70. The van der Waals surface area contributed by atoms with Crippen LogP contribution in [0.5, 0.6) is 0 Å². The highest BCUT2D eigenvalue weighted by atomic mass is 16.1. The lowest BCUT2D eigenvalue weighted by Gasteiger charge is -2.16. The quantitative estimate of drug-likeness (QED) is 0.542. The maximum Gasteiger partial charge on any atom is 0.234 e. The van der Waals surface area contributed by atoms with Crippen LogP contribution < -0.4 is 10.6 Å². The summed E-state index contributed by atoms with van der Waals surface area (Å²) in [4.78, 5) is 11.7. The zero-order valence-corrected chi connectivity index (χ0v) is 12.1. The molecule has 0 heterocycles. The number of hydrogen-bond acceptors (Lipinski definition) is 2. The van der Waals surface area contributed by atoms with Gasteiger partial charge >= 0.3 is 0 Å². The Morgan fingerprint density at radius 2 is 1.83 bits per heavy atom. The van der Waals surface area contributed by atoms with E-state index in [1.807, 2.05) is 0 Å². The molecule has 0 atom stereocenters. The van der Waals surface area contributed by atoms with Crippen LogP contribution >= 0.6 is 0 Å². The van der Waals surface area contributed by atoms with Gasteiger partial charge in [0.2, 0.25) is 5.91 Å². The first-order chi connectivity index (χ1) is 8.68. The van der Waals surface area contributed by atoms with Crippen molar-refractivity contribution < 1.29 is 4.79 Å². The predicted molar refractivity (Wildman–Crippen MR) is 76.6 cm³/mol. The lowest BCUT2D eigenvalue weighted by atomic mass is 10.1. The molecule has 0 radical (unpaired) electrons. The van der Waals surface area contributed by atoms with Gasteiger partial charge in [-0.1, -0.05) is 39.5 Å². The van der Waals surface area contributed by atoms with Crippen LogP contribution in [0.2, 0.25) is 0 Å². The molecule has 0 spiro atoms. The first kappa shape index (κ1) is 15.5. The normalized spacial score (nSPS) is 17.7. The molecule has 1 rings (SSSR count). The standard InChI is InChI=1S/C15H30N2O/c1-13(2)8-7-11-16-12-15(18)17-14-9-5-3-4-6-10-14/h13-14,16H,3-12H2,1-2H3,(H,17,18). The highest BCUT2D eigenvalue weighted by Gasteiger charge is 2.13. The second-order valence-corrected chi connectivity index (χ2v) is 5.97. The summed E-state index contributed by atoms with van der Waals surface area (Å²) in [7, 11) is 0. The topological polar surface area (TPSA) is 41.1 Å². The Balaban J connectivity index is 2.02. The molecule has 2 N–H and O–H groups in total. The van der Waals surface area contributed by atoms with Crippen LogP contribution in [-0.4, -0.2) is 25.0 Å². The van der Waals surface area contributed by atoms with Crippen molar-refractivity contribution in [3.63, 3.8) is 0 Å². The molecular formula is C15H30N2O. The van der Waals surface area contributed by atoms with E-state index in [1.54, 1.807) is 0 Å². The maximum absolute atomic E-state index is 11.7. The van der Waals surface area contributed by atoms with E-state index in [1.165, 1.54) is 44.9 Å². The van der Waals surface area contributed by atoms with Gasteiger partial charge in [-0.2, -0.15) is 0 Å². The fourth-order valence-corrected chi connectivity index (χ4v) is 2.54. The summed E-state index contributed by atoms with van der Waals surface area (Å²) in [6, 6.07) is 0.428. The third-order valence-corrected chi connectivity index (χ3v) is 3.64. The first-order valence-corrected chi connectivity index (χ1v) is 7.68. The molecule has 18 heavy (non-hydrogen) atoms.